The molecule has 1 aromatic carbocycles. The molecule has 5 rings (SSSR count). The van der Waals surface area contributed by atoms with Crippen molar-refractivity contribution in [2.75, 3.05) is 27.2 Å². The van der Waals surface area contributed by atoms with E-state index in [9.17, 15) is 9.59 Å². The Morgan fingerprint density at radius 3 is 2.65 bits per heavy atom. The third-order valence-corrected chi connectivity index (χ3v) is 6.42. The van der Waals surface area contributed by atoms with Crippen LogP contribution in [0, 0.1) is 5.92 Å². The number of piperidine rings is 1. The lowest BCUT2D eigenvalue weighted by Crippen LogP contribution is -2.49. The van der Waals surface area contributed by atoms with Gasteiger partial charge in [0.05, 0.1) is 6.26 Å². The molecule has 1 saturated heterocycles. The first-order valence-electron chi connectivity index (χ1n) is 10.8. The highest BCUT2D eigenvalue weighted by molar-refractivity contribution is 5.91. The van der Waals surface area contributed by atoms with E-state index in [2.05, 4.69) is 17.0 Å². The summed E-state index contributed by atoms with van der Waals surface area (Å²) in [6, 6.07) is 15.6. The summed E-state index contributed by atoms with van der Waals surface area (Å²) in [5.41, 5.74) is 4.01. The third kappa shape index (κ3) is 3.61. The lowest BCUT2D eigenvalue weighted by atomic mass is 9.82. The lowest BCUT2D eigenvalue weighted by molar-refractivity contribution is 0.0564. The molecule has 3 aromatic rings. The number of carbonyl (C=O) groups excluding carboxylic acids is 1. The van der Waals surface area contributed by atoms with E-state index in [1.165, 1.54) is 6.26 Å². The van der Waals surface area contributed by atoms with Crippen molar-refractivity contribution in [3.63, 3.8) is 0 Å². The number of fused-ring (bicyclic) bond motifs is 4. The first kappa shape index (κ1) is 19.8. The van der Waals surface area contributed by atoms with E-state index in [-0.39, 0.29) is 23.3 Å². The average Bonchev–Trinajstić information content (AvgIpc) is 3.29. The molecular weight excluding hydrogens is 390 g/mol. The van der Waals surface area contributed by atoms with Crippen LogP contribution >= 0.6 is 0 Å². The zero-order valence-electron chi connectivity index (χ0n) is 18.0. The molecule has 2 aliphatic rings. The molecule has 2 atom stereocenters. The van der Waals surface area contributed by atoms with E-state index in [1.54, 1.807) is 12.1 Å². The fraction of sp³-hybridized carbons (Fsp3) is 0.360. The number of furan rings is 1. The largest absolute Gasteiger partial charge is 0.459 e. The Hall–Kier alpha value is -3.12. The second kappa shape index (κ2) is 7.85. The van der Waals surface area contributed by atoms with Crippen molar-refractivity contribution in [2.24, 2.45) is 5.92 Å². The molecule has 160 valence electrons. The number of hydrogen-bond donors (Lipinski definition) is 0. The fourth-order valence-corrected chi connectivity index (χ4v) is 5.13. The number of rotatable bonds is 4. The second-order valence-electron chi connectivity index (χ2n) is 8.97. The van der Waals surface area contributed by atoms with Crippen LogP contribution in [-0.2, 0) is 13.1 Å². The van der Waals surface area contributed by atoms with Crippen molar-refractivity contribution >= 4 is 5.91 Å². The van der Waals surface area contributed by atoms with Crippen LogP contribution in [0.2, 0.25) is 0 Å². The van der Waals surface area contributed by atoms with Gasteiger partial charge in [-0.05, 0) is 61.8 Å². The predicted molar refractivity (Wildman–Crippen MR) is 119 cm³/mol. The van der Waals surface area contributed by atoms with Crippen LogP contribution in [0.1, 0.15) is 34.2 Å². The van der Waals surface area contributed by atoms with Crippen molar-refractivity contribution in [2.45, 2.75) is 25.4 Å². The summed E-state index contributed by atoms with van der Waals surface area (Å²) in [5, 5.41) is 0. The van der Waals surface area contributed by atoms with Crippen molar-refractivity contribution in [3.05, 3.63) is 82.2 Å². The number of pyridine rings is 1. The van der Waals surface area contributed by atoms with Crippen LogP contribution in [0.15, 0.2) is 64.0 Å². The van der Waals surface area contributed by atoms with Crippen LogP contribution in [0.25, 0.3) is 11.1 Å². The Labute approximate surface area is 181 Å². The van der Waals surface area contributed by atoms with E-state index >= 15 is 0 Å². The molecule has 1 fully saturated rings. The number of aromatic nitrogens is 1. The summed E-state index contributed by atoms with van der Waals surface area (Å²) in [5.74, 6) is 0.759. The predicted octanol–water partition coefficient (Wildman–Crippen LogP) is 3.43. The van der Waals surface area contributed by atoms with Gasteiger partial charge in [0.2, 0.25) is 0 Å². The molecule has 2 aliphatic heterocycles. The molecule has 0 N–H and O–H groups in total. The fourth-order valence-electron chi connectivity index (χ4n) is 5.13. The highest BCUT2D eigenvalue weighted by atomic mass is 16.3. The number of carbonyl (C=O) groups is 1. The number of amides is 1. The van der Waals surface area contributed by atoms with Gasteiger partial charge >= 0.3 is 0 Å². The maximum absolute atomic E-state index is 13.5. The molecular formula is C25H27N3O3. The maximum atomic E-state index is 13.5. The Morgan fingerprint density at radius 2 is 1.87 bits per heavy atom. The van der Waals surface area contributed by atoms with Gasteiger partial charge in [0.15, 0.2) is 5.76 Å². The minimum atomic E-state index is -0.0651. The monoisotopic (exact) mass is 417 g/mol. The molecule has 1 amide bonds. The lowest BCUT2D eigenvalue weighted by Gasteiger charge is -2.42. The van der Waals surface area contributed by atoms with Gasteiger partial charge in [-0.1, -0.05) is 24.3 Å². The summed E-state index contributed by atoms with van der Waals surface area (Å²) in [4.78, 5) is 30.3. The van der Waals surface area contributed by atoms with Gasteiger partial charge in [-0.2, -0.15) is 0 Å². The van der Waals surface area contributed by atoms with Crippen LogP contribution in [0.3, 0.4) is 0 Å². The normalized spacial score (nSPS) is 20.0. The van der Waals surface area contributed by atoms with Gasteiger partial charge in [0, 0.05) is 43.4 Å². The summed E-state index contributed by atoms with van der Waals surface area (Å²) >= 11 is 0. The number of nitrogens with zero attached hydrogens (tertiary/aromatic N) is 3. The maximum Gasteiger partial charge on any atom is 0.289 e. The number of benzene rings is 1. The molecule has 31 heavy (non-hydrogen) atoms. The number of likely N-dealkylation sites (tertiary alicyclic amines) is 1. The van der Waals surface area contributed by atoms with Gasteiger partial charge in [-0.15, -0.1) is 0 Å². The van der Waals surface area contributed by atoms with E-state index in [1.807, 2.05) is 47.8 Å². The van der Waals surface area contributed by atoms with Gasteiger partial charge in [0.25, 0.3) is 11.5 Å². The molecule has 2 aromatic heterocycles. The Bertz CT molecular complexity index is 1160. The molecule has 0 radical (unpaired) electrons. The van der Waals surface area contributed by atoms with E-state index in [4.69, 9.17) is 4.42 Å². The van der Waals surface area contributed by atoms with Crippen molar-refractivity contribution in [3.8, 4) is 11.1 Å². The van der Waals surface area contributed by atoms with Gasteiger partial charge in [-0.25, -0.2) is 0 Å². The van der Waals surface area contributed by atoms with Crippen molar-refractivity contribution in [1.82, 2.24) is 14.4 Å². The van der Waals surface area contributed by atoms with Gasteiger partial charge < -0.3 is 18.8 Å². The van der Waals surface area contributed by atoms with E-state index in [0.717, 1.165) is 35.3 Å². The molecule has 6 heteroatoms. The van der Waals surface area contributed by atoms with E-state index in [0.29, 0.717) is 25.4 Å². The topological polar surface area (TPSA) is 58.7 Å². The van der Waals surface area contributed by atoms with Crippen molar-refractivity contribution < 1.29 is 9.21 Å². The van der Waals surface area contributed by atoms with Crippen LogP contribution in [-0.4, -0.2) is 47.5 Å². The van der Waals surface area contributed by atoms with Crippen LogP contribution in [0.5, 0.6) is 0 Å². The molecule has 0 spiro atoms. The second-order valence-corrected chi connectivity index (χ2v) is 8.97. The summed E-state index contributed by atoms with van der Waals surface area (Å²) in [6.07, 6.45) is 2.54. The Kier molecular flexibility index (Phi) is 5.02. The molecule has 0 aliphatic carbocycles. The summed E-state index contributed by atoms with van der Waals surface area (Å²) < 4.78 is 7.27. The zero-order valence-corrected chi connectivity index (χ0v) is 18.0. The van der Waals surface area contributed by atoms with Crippen LogP contribution < -0.4 is 5.56 Å². The Balaban J connectivity index is 1.48. The minimum Gasteiger partial charge on any atom is -0.459 e. The minimum absolute atomic E-state index is 0.0651. The van der Waals surface area contributed by atoms with Crippen LogP contribution in [0.4, 0.5) is 0 Å². The molecule has 4 heterocycles. The van der Waals surface area contributed by atoms with Gasteiger partial charge in [-0.3, -0.25) is 9.59 Å². The zero-order chi connectivity index (χ0) is 21.5. The first-order valence-corrected chi connectivity index (χ1v) is 10.8. The van der Waals surface area contributed by atoms with E-state index < -0.39 is 0 Å². The summed E-state index contributed by atoms with van der Waals surface area (Å²) in [6.45, 7) is 2.71. The average molecular weight is 418 g/mol. The Morgan fingerprint density at radius 1 is 1.03 bits per heavy atom. The number of hydrogen-bond acceptors (Lipinski definition) is 4. The smallest absolute Gasteiger partial charge is 0.289 e. The SMILES string of the molecule is CN(C)Cc1ccccc1-c1ccc2n(c1=O)C[C@H]1C[C@@H]2CN(C(=O)c2ccco2)C1. The van der Waals surface area contributed by atoms with Gasteiger partial charge in [0.1, 0.15) is 0 Å². The molecule has 0 saturated carbocycles. The first-order chi connectivity index (χ1) is 15.0. The molecule has 0 unspecified atom stereocenters. The highest BCUT2D eigenvalue weighted by Crippen LogP contribution is 2.36. The standard InChI is InChI=1S/C25H27N3O3/c1-26(2)15-18-6-3-4-7-20(18)21-9-10-22-19-12-17(14-28(22)24(21)29)13-27(16-19)25(30)23-8-5-11-31-23/h3-11,17,19H,12-16H2,1-2H3/t17-,19+/m0/s1. The summed E-state index contributed by atoms with van der Waals surface area (Å²) in [7, 11) is 4.07. The highest BCUT2D eigenvalue weighted by Gasteiger charge is 2.37. The molecule has 2 bridgehead atoms. The third-order valence-electron chi connectivity index (χ3n) is 6.42. The molecule has 6 nitrogen and oxygen atoms in total. The quantitative estimate of drug-likeness (QED) is 0.653. The van der Waals surface area contributed by atoms with Crippen molar-refractivity contribution in [1.29, 1.82) is 0 Å².